The smallest absolute Gasteiger partial charge is 0.296 e. The van der Waals surface area contributed by atoms with Crippen molar-refractivity contribution < 1.29 is 31.9 Å². The predicted molar refractivity (Wildman–Crippen MR) is 156 cm³/mol. The van der Waals surface area contributed by atoms with Crippen molar-refractivity contribution in [1.82, 2.24) is 0 Å². The molecule has 3 aromatic carbocycles. The molecule has 1 aliphatic rings. The SMILES string of the molecule is Cc1cc(NC(=O)[C@H]2[C@H](c3cc(Cl)c(Cl)c(Cl)c3)C2(Cl)Cl)cc(C(=O)Cc2ccc(F)c(CC(=O)C(F)F)c2F)c1Cl. The minimum Gasteiger partial charge on any atom is -0.326 e. The second kappa shape index (κ2) is 12.5. The number of hydrogen-bond donors (Lipinski definition) is 1. The Morgan fingerprint density at radius 1 is 0.929 bits per heavy atom. The summed E-state index contributed by atoms with van der Waals surface area (Å²) in [7, 11) is 0. The second-order valence-corrected chi connectivity index (χ2v) is 12.6. The topological polar surface area (TPSA) is 63.2 Å². The maximum absolute atomic E-state index is 15.0. The molecule has 1 fully saturated rings. The van der Waals surface area contributed by atoms with Gasteiger partial charge in [0.15, 0.2) is 5.78 Å². The van der Waals surface area contributed by atoms with Gasteiger partial charge in [-0.15, -0.1) is 23.2 Å². The third-order valence-electron chi connectivity index (χ3n) is 6.74. The number of anilines is 1. The molecule has 42 heavy (non-hydrogen) atoms. The number of amides is 1. The molecule has 0 aliphatic heterocycles. The number of carbonyl (C=O) groups excluding carboxylic acids is 3. The Morgan fingerprint density at radius 3 is 2.14 bits per heavy atom. The molecule has 1 N–H and O–H groups in total. The largest absolute Gasteiger partial charge is 0.326 e. The van der Waals surface area contributed by atoms with Crippen molar-refractivity contribution in [3.05, 3.63) is 95.9 Å². The Hall–Kier alpha value is -2.07. The first-order valence-corrected chi connectivity index (χ1v) is 14.2. The first kappa shape index (κ1) is 32.8. The molecule has 222 valence electrons. The number of nitrogens with one attached hydrogen (secondary N) is 1. The Balaban J connectivity index is 1.56. The fourth-order valence-electron chi connectivity index (χ4n) is 4.55. The van der Waals surface area contributed by atoms with Crippen LogP contribution in [0.3, 0.4) is 0 Å². The van der Waals surface area contributed by atoms with Crippen LogP contribution in [0.25, 0.3) is 0 Å². The maximum atomic E-state index is 15.0. The third-order valence-corrected chi connectivity index (χ3v) is 9.37. The van der Waals surface area contributed by atoms with Crippen LogP contribution < -0.4 is 5.32 Å². The molecule has 4 rings (SSSR count). The third kappa shape index (κ3) is 6.54. The Bertz CT molecular complexity index is 1610. The van der Waals surface area contributed by atoms with Gasteiger partial charge in [0.2, 0.25) is 11.7 Å². The van der Waals surface area contributed by atoms with Crippen LogP contribution in [0.1, 0.15) is 38.5 Å². The molecule has 4 nitrogen and oxygen atoms in total. The van der Waals surface area contributed by atoms with Gasteiger partial charge in [-0.05, 0) is 53.9 Å². The fraction of sp³-hybridized carbons (Fsp3) is 0.250. The zero-order chi connectivity index (χ0) is 31.3. The summed E-state index contributed by atoms with van der Waals surface area (Å²) in [6, 6.07) is 7.49. The van der Waals surface area contributed by atoms with E-state index in [0.717, 1.165) is 12.1 Å². The Morgan fingerprint density at radius 2 is 1.55 bits per heavy atom. The predicted octanol–water partition coefficient (Wildman–Crippen LogP) is 9.21. The van der Waals surface area contributed by atoms with Crippen LogP contribution in [0, 0.1) is 24.5 Å². The van der Waals surface area contributed by atoms with Crippen molar-refractivity contribution in [3.8, 4) is 0 Å². The second-order valence-electron chi connectivity index (χ2n) is 9.62. The van der Waals surface area contributed by atoms with E-state index in [2.05, 4.69) is 5.32 Å². The molecule has 0 heterocycles. The van der Waals surface area contributed by atoms with Crippen molar-refractivity contribution in [1.29, 1.82) is 0 Å². The number of halogens is 10. The molecule has 0 unspecified atom stereocenters. The van der Waals surface area contributed by atoms with E-state index in [4.69, 9.17) is 69.6 Å². The lowest BCUT2D eigenvalue weighted by Crippen LogP contribution is -2.18. The average molecular weight is 704 g/mol. The van der Waals surface area contributed by atoms with Gasteiger partial charge in [0.05, 0.1) is 26.0 Å². The van der Waals surface area contributed by atoms with E-state index >= 15 is 0 Å². The summed E-state index contributed by atoms with van der Waals surface area (Å²) in [5.41, 5.74) is -0.299. The van der Waals surface area contributed by atoms with Gasteiger partial charge in [0, 0.05) is 35.6 Å². The van der Waals surface area contributed by atoms with Gasteiger partial charge < -0.3 is 5.32 Å². The van der Waals surface area contributed by atoms with Gasteiger partial charge in [-0.1, -0.05) is 52.5 Å². The molecular weight excluding hydrogens is 687 g/mol. The first-order chi connectivity index (χ1) is 19.5. The minimum absolute atomic E-state index is 0.00685. The highest BCUT2D eigenvalue weighted by atomic mass is 35.5. The van der Waals surface area contributed by atoms with Crippen molar-refractivity contribution in [2.45, 2.75) is 36.4 Å². The normalized spacial score (nSPS) is 17.3. The van der Waals surface area contributed by atoms with Crippen molar-refractivity contribution in [3.63, 3.8) is 0 Å². The van der Waals surface area contributed by atoms with E-state index in [1.165, 1.54) is 24.3 Å². The van der Waals surface area contributed by atoms with Gasteiger partial charge in [-0.3, -0.25) is 14.4 Å². The van der Waals surface area contributed by atoms with Crippen LogP contribution in [0.5, 0.6) is 0 Å². The summed E-state index contributed by atoms with van der Waals surface area (Å²) < 4.78 is 52.8. The summed E-state index contributed by atoms with van der Waals surface area (Å²) in [5.74, 6) is -7.11. The van der Waals surface area contributed by atoms with Gasteiger partial charge in [0.1, 0.15) is 16.0 Å². The summed E-state index contributed by atoms with van der Waals surface area (Å²) in [6.07, 6.45) is -5.24. The molecule has 0 saturated heterocycles. The lowest BCUT2D eigenvalue weighted by Gasteiger charge is -2.13. The summed E-state index contributed by atoms with van der Waals surface area (Å²) in [4.78, 5) is 37.7. The van der Waals surface area contributed by atoms with Gasteiger partial charge >= 0.3 is 0 Å². The molecule has 1 aliphatic carbocycles. The highest BCUT2D eigenvalue weighted by Gasteiger charge is 2.67. The van der Waals surface area contributed by atoms with Crippen molar-refractivity contribution >= 4 is 92.8 Å². The summed E-state index contributed by atoms with van der Waals surface area (Å²) in [5, 5.41) is 3.08. The van der Waals surface area contributed by atoms with E-state index in [1.54, 1.807) is 6.92 Å². The number of ketones is 2. The summed E-state index contributed by atoms with van der Waals surface area (Å²) >= 11 is 37.4. The van der Waals surface area contributed by atoms with Crippen LogP contribution in [0.15, 0.2) is 36.4 Å². The molecule has 2 atom stereocenters. The molecular formula is C28H17Cl6F4NO3. The van der Waals surface area contributed by atoms with Crippen molar-refractivity contribution in [2.75, 3.05) is 5.32 Å². The Kier molecular flexibility index (Phi) is 9.77. The number of alkyl halides is 4. The number of rotatable bonds is 9. The lowest BCUT2D eigenvalue weighted by molar-refractivity contribution is -0.128. The fourth-order valence-corrected chi connectivity index (χ4v) is 6.21. The monoisotopic (exact) mass is 701 g/mol. The minimum atomic E-state index is -3.41. The molecule has 0 aromatic heterocycles. The van der Waals surface area contributed by atoms with E-state index in [0.29, 0.717) is 11.1 Å². The maximum Gasteiger partial charge on any atom is 0.296 e. The zero-order valence-electron chi connectivity index (χ0n) is 21.1. The van der Waals surface area contributed by atoms with Gasteiger partial charge in [-0.2, -0.15) is 0 Å². The standard InChI is InChI=1S/C28H17Cl6F4NO3/c1-10-4-13(39-27(42)22-21(28(22,33)34)12-5-16(29)24(32)17(30)6-12)8-15(23(10)31)19(40)7-11-2-3-18(35)14(25(11)36)9-20(41)26(37)38/h2-6,8,21-22,26H,7,9H2,1H3,(H,39,42)/t21-,22+/m0/s1. The number of carbonyl (C=O) groups is 3. The molecule has 0 radical (unpaired) electrons. The van der Waals surface area contributed by atoms with Crippen LogP contribution >= 0.6 is 69.6 Å². The molecule has 0 spiro atoms. The zero-order valence-corrected chi connectivity index (χ0v) is 25.7. The first-order valence-electron chi connectivity index (χ1n) is 12.0. The number of aryl methyl sites for hydroxylation is 1. The van der Waals surface area contributed by atoms with Crippen LogP contribution in [0.2, 0.25) is 20.1 Å². The van der Waals surface area contributed by atoms with Crippen molar-refractivity contribution in [2.24, 2.45) is 5.92 Å². The summed E-state index contributed by atoms with van der Waals surface area (Å²) in [6.45, 7) is 1.56. The molecule has 1 saturated carbocycles. The van der Waals surface area contributed by atoms with E-state index in [9.17, 15) is 31.9 Å². The Labute approximate surface area is 267 Å². The molecule has 3 aromatic rings. The number of hydrogen-bond acceptors (Lipinski definition) is 3. The van der Waals surface area contributed by atoms with E-state index in [-0.39, 0.29) is 36.9 Å². The van der Waals surface area contributed by atoms with Gasteiger partial charge in [0.25, 0.3) is 6.43 Å². The van der Waals surface area contributed by atoms with Crippen LogP contribution in [-0.4, -0.2) is 28.2 Å². The van der Waals surface area contributed by atoms with E-state index < -0.39 is 70.1 Å². The quantitative estimate of drug-likeness (QED) is 0.105. The molecule has 0 bridgehead atoms. The molecule has 1 amide bonds. The lowest BCUT2D eigenvalue weighted by atomic mass is 9.97. The highest BCUT2D eigenvalue weighted by molar-refractivity contribution is 6.54. The van der Waals surface area contributed by atoms with Crippen LogP contribution in [0.4, 0.5) is 23.2 Å². The number of benzene rings is 3. The number of Topliss-reactive ketones (excluding diaryl/α,β-unsaturated/α-hetero) is 2. The van der Waals surface area contributed by atoms with Crippen LogP contribution in [-0.2, 0) is 22.4 Å². The highest BCUT2D eigenvalue weighted by Crippen LogP contribution is 2.65. The van der Waals surface area contributed by atoms with Gasteiger partial charge in [-0.25, -0.2) is 17.6 Å². The molecule has 14 heteroatoms. The average Bonchev–Trinajstić information content (AvgIpc) is 3.49. The van der Waals surface area contributed by atoms with E-state index in [1.807, 2.05) is 0 Å².